The van der Waals surface area contributed by atoms with Gasteiger partial charge >= 0.3 is 5.97 Å². The first-order valence-corrected chi connectivity index (χ1v) is 6.20. The number of furan rings is 1. The number of rotatable bonds is 2. The van der Waals surface area contributed by atoms with Crippen molar-refractivity contribution in [2.24, 2.45) is 5.92 Å². The summed E-state index contributed by atoms with van der Waals surface area (Å²) >= 11 is 0. The fourth-order valence-electron chi connectivity index (χ4n) is 2.47. The molecule has 1 aromatic heterocycles. The highest BCUT2D eigenvalue weighted by atomic mass is 16.4. The number of benzene rings is 1. The van der Waals surface area contributed by atoms with E-state index in [4.69, 9.17) is 9.52 Å². The van der Waals surface area contributed by atoms with Crippen LogP contribution in [0.25, 0.3) is 11.0 Å². The smallest absolute Gasteiger partial charge is 0.306 e. The van der Waals surface area contributed by atoms with Gasteiger partial charge in [-0.2, -0.15) is 0 Å². The number of fused-ring (bicyclic) bond motifs is 1. The van der Waals surface area contributed by atoms with Gasteiger partial charge in [0.25, 0.3) is 0 Å². The summed E-state index contributed by atoms with van der Waals surface area (Å²) in [4.78, 5) is 13.0. The summed E-state index contributed by atoms with van der Waals surface area (Å²) in [7, 11) is 0. The minimum Gasteiger partial charge on any atom is -0.481 e. The van der Waals surface area contributed by atoms with Crippen molar-refractivity contribution < 1.29 is 14.3 Å². The van der Waals surface area contributed by atoms with Crippen molar-refractivity contribution in [2.45, 2.75) is 12.8 Å². The molecule has 94 valence electrons. The van der Waals surface area contributed by atoms with Gasteiger partial charge < -0.3 is 14.4 Å². The van der Waals surface area contributed by atoms with Gasteiger partial charge in [0.2, 0.25) is 0 Å². The van der Waals surface area contributed by atoms with E-state index in [-0.39, 0.29) is 5.92 Å². The molecule has 4 nitrogen and oxygen atoms in total. The Morgan fingerprint density at radius 3 is 2.67 bits per heavy atom. The Balaban J connectivity index is 1.78. The number of carboxylic acid groups (broad SMARTS) is 1. The van der Waals surface area contributed by atoms with Crippen molar-refractivity contribution in [1.29, 1.82) is 0 Å². The molecule has 18 heavy (non-hydrogen) atoms. The van der Waals surface area contributed by atoms with Crippen LogP contribution in [-0.2, 0) is 4.79 Å². The van der Waals surface area contributed by atoms with Crippen molar-refractivity contribution in [3.05, 3.63) is 30.3 Å². The van der Waals surface area contributed by atoms with Crippen LogP contribution < -0.4 is 4.90 Å². The van der Waals surface area contributed by atoms with Gasteiger partial charge in [-0.3, -0.25) is 4.79 Å². The molecule has 0 aliphatic carbocycles. The van der Waals surface area contributed by atoms with Crippen LogP contribution in [0.2, 0.25) is 0 Å². The number of carboxylic acids is 1. The SMILES string of the molecule is O=C(O)C1CCN(c2cc3ccccc3o2)CC1. The number of carbonyl (C=O) groups is 1. The summed E-state index contributed by atoms with van der Waals surface area (Å²) in [5.41, 5.74) is 0.882. The van der Waals surface area contributed by atoms with Crippen LogP contribution in [0, 0.1) is 5.92 Å². The molecule has 1 aliphatic heterocycles. The Bertz CT molecular complexity index is 534. The molecule has 2 heterocycles. The molecular weight excluding hydrogens is 230 g/mol. The number of para-hydroxylation sites is 1. The minimum atomic E-state index is -0.681. The summed E-state index contributed by atoms with van der Waals surface area (Å²) in [5, 5.41) is 10.1. The third kappa shape index (κ3) is 1.94. The lowest BCUT2D eigenvalue weighted by atomic mass is 9.97. The van der Waals surface area contributed by atoms with Crippen molar-refractivity contribution in [3.63, 3.8) is 0 Å². The summed E-state index contributed by atoms with van der Waals surface area (Å²) < 4.78 is 5.78. The number of aliphatic carboxylic acids is 1. The molecule has 0 radical (unpaired) electrons. The van der Waals surface area contributed by atoms with Gasteiger partial charge in [0.05, 0.1) is 5.92 Å². The third-order valence-electron chi connectivity index (χ3n) is 3.57. The summed E-state index contributed by atoms with van der Waals surface area (Å²) in [6, 6.07) is 9.93. The molecule has 1 N–H and O–H groups in total. The van der Waals surface area contributed by atoms with Gasteiger partial charge in [-0.1, -0.05) is 18.2 Å². The van der Waals surface area contributed by atoms with Crippen LogP contribution in [0.1, 0.15) is 12.8 Å². The van der Waals surface area contributed by atoms with Crippen molar-refractivity contribution in [2.75, 3.05) is 18.0 Å². The van der Waals surface area contributed by atoms with Crippen molar-refractivity contribution in [3.8, 4) is 0 Å². The number of nitrogens with zero attached hydrogens (tertiary/aromatic N) is 1. The number of piperidine rings is 1. The zero-order valence-electron chi connectivity index (χ0n) is 10.0. The molecule has 4 heteroatoms. The second kappa shape index (κ2) is 4.37. The quantitative estimate of drug-likeness (QED) is 0.883. The van der Waals surface area contributed by atoms with E-state index in [1.165, 1.54) is 0 Å². The highest BCUT2D eigenvalue weighted by Crippen LogP contribution is 2.29. The molecule has 1 saturated heterocycles. The van der Waals surface area contributed by atoms with Crippen LogP contribution in [0.15, 0.2) is 34.7 Å². The fourth-order valence-corrected chi connectivity index (χ4v) is 2.47. The molecule has 3 rings (SSSR count). The predicted molar refractivity (Wildman–Crippen MR) is 68.8 cm³/mol. The number of anilines is 1. The van der Waals surface area contributed by atoms with Crippen molar-refractivity contribution >= 4 is 22.8 Å². The van der Waals surface area contributed by atoms with Gasteiger partial charge in [-0.25, -0.2) is 0 Å². The minimum absolute atomic E-state index is 0.203. The first-order valence-electron chi connectivity index (χ1n) is 6.20. The molecule has 0 spiro atoms. The number of hydrogen-bond donors (Lipinski definition) is 1. The zero-order chi connectivity index (χ0) is 12.5. The largest absolute Gasteiger partial charge is 0.481 e. The number of hydrogen-bond acceptors (Lipinski definition) is 3. The molecule has 1 fully saturated rings. The predicted octanol–water partition coefficient (Wildman–Crippen LogP) is 2.73. The normalized spacial score (nSPS) is 17.2. The Hall–Kier alpha value is -1.97. The summed E-state index contributed by atoms with van der Waals surface area (Å²) in [5.74, 6) is -0.0371. The summed E-state index contributed by atoms with van der Waals surface area (Å²) in [6.07, 6.45) is 1.37. The molecular formula is C14H15NO3. The average molecular weight is 245 g/mol. The first kappa shape index (κ1) is 11.1. The monoisotopic (exact) mass is 245 g/mol. The third-order valence-corrected chi connectivity index (χ3v) is 3.57. The molecule has 0 amide bonds. The lowest BCUT2D eigenvalue weighted by molar-refractivity contribution is -0.142. The maximum Gasteiger partial charge on any atom is 0.306 e. The maximum absolute atomic E-state index is 10.9. The molecule has 0 saturated carbocycles. The molecule has 2 aromatic rings. The van der Waals surface area contributed by atoms with E-state index in [0.29, 0.717) is 12.8 Å². The van der Waals surface area contributed by atoms with Crippen LogP contribution in [0.4, 0.5) is 5.88 Å². The summed E-state index contributed by atoms with van der Waals surface area (Å²) in [6.45, 7) is 1.49. The zero-order valence-corrected chi connectivity index (χ0v) is 10.0. The Labute approximate surface area is 105 Å². The second-order valence-electron chi connectivity index (χ2n) is 4.72. The van der Waals surface area contributed by atoms with E-state index in [9.17, 15) is 4.79 Å². The lowest BCUT2D eigenvalue weighted by Gasteiger charge is -2.29. The van der Waals surface area contributed by atoms with Crippen LogP contribution >= 0.6 is 0 Å². The van der Waals surface area contributed by atoms with Gasteiger partial charge in [-0.15, -0.1) is 0 Å². The van der Waals surface area contributed by atoms with E-state index < -0.39 is 5.97 Å². The Morgan fingerprint density at radius 1 is 1.28 bits per heavy atom. The maximum atomic E-state index is 10.9. The van der Waals surface area contributed by atoms with Gasteiger partial charge in [0.1, 0.15) is 5.58 Å². The highest BCUT2D eigenvalue weighted by molar-refractivity contribution is 5.81. The van der Waals surface area contributed by atoms with E-state index in [1.54, 1.807) is 0 Å². The van der Waals surface area contributed by atoms with Crippen LogP contribution in [0.5, 0.6) is 0 Å². The van der Waals surface area contributed by atoms with E-state index in [2.05, 4.69) is 4.90 Å². The van der Waals surface area contributed by atoms with Gasteiger partial charge in [-0.05, 0) is 18.9 Å². The Morgan fingerprint density at radius 2 is 2.00 bits per heavy atom. The topological polar surface area (TPSA) is 53.7 Å². The molecule has 0 bridgehead atoms. The average Bonchev–Trinajstić information content (AvgIpc) is 2.82. The van der Waals surface area contributed by atoms with Gasteiger partial charge in [0, 0.05) is 24.5 Å². The van der Waals surface area contributed by atoms with E-state index >= 15 is 0 Å². The standard InChI is InChI=1S/C14H15NO3/c16-14(17)10-5-7-15(8-6-10)13-9-11-3-1-2-4-12(11)18-13/h1-4,9-10H,5-8H2,(H,16,17). The van der Waals surface area contributed by atoms with Crippen LogP contribution in [-0.4, -0.2) is 24.2 Å². The lowest BCUT2D eigenvalue weighted by Crippen LogP contribution is -2.36. The highest BCUT2D eigenvalue weighted by Gasteiger charge is 2.25. The van der Waals surface area contributed by atoms with E-state index in [1.807, 2.05) is 30.3 Å². The fraction of sp³-hybridized carbons (Fsp3) is 0.357. The second-order valence-corrected chi connectivity index (χ2v) is 4.72. The van der Waals surface area contributed by atoms with Crippen LogP contribution in [0.3, 0.4) is 0 Å². The Kier molecular flexibility index (Phi) is 2.70. The molecule has 0 unspecified atom stereocenters. The van der Waals surface area contributed by atoms with Crippen molar-refractivity contribution in [1.82, 2.24) is 0 Å². The molecule has 1 aliphatic rings. The first-order chi connectivity index (χ1) is 8.74. The molecule has 1 aromatic carbocycles. The molecule has 0 atom stereocenters. The van der Waals surface area contributed by atoms with E-state index in [0.717, 1.165) is 29.9 Å². The van der Waals surface area contributed by atoms with Gasteiger partial charge in [0.15, 0.2) is 5.88 Å².